The molecule has 19 heavy (non-hydrogen) atoms. The van der Waals surface area contributed by atoms with E-state index in [1.165, 1.54) is 17.0 Å². The third-order valence-electron chi connectivity index (χ3n) is 2.60. The van der Waals surface area contributed by atoms with Crippen molar-refractivity contribution in [2.24, 2.45) is 0 Å². The molecule has 0 bridgehead atoms. The van der Waals surface area contributed by atoms with Gasteiger partial charge in [0.1, 0.15) is 0 Å². The number of benzene rings is 1. The summed E-state index contributed by atoms with van der Waals surface area (Å²) in [5.41, 5.74) is 6.24. The maximum atomic E-state index is 12.1. The van der Waals surface area contributed by atoms with E-state index in [1.54, 1.807) is 14.1 Å². The summed E-state index contributed by atoms with van der Waals surface area (Å²) in [5, 5.41) is 2.94. The minimum atomic E-state index is -0.269. The van der Waals surface area contributed by atoms with Crippen molar-refractivity contribution in [2.45, 2.75) is 6.42 Å². The van der Waals surface area contributed by atoms with Crippen molar-refractivity contribution in [3.63, 3.8) is 0 Å². The minimum absolute atomic E-state index is 0.131. The van der Waals surface area contributed by atoms with Crippen LogP contribution in [0.5, 0.6) is 0 Å². The Kier molecular flexibility index (Phi) is 5.44. The van der Waals surface area contributed by atoms with E-state index in [4.69, 9.17) is 28.9 Å². The quantitative estimate of drug-likeness (QED) is 0.833. The summed E-state index contributed by atoms with van der Waals surface area (Å²) in [4.78, 5) is 24.6. The number of carbonyl (C=O) groups is 2. The van der Waals surface area contributed by atoms with Crippen LogP contribution in [-0.4, -0.2) is 37.4 Å². The lowest BCUT2D eigenvalue weighted by Gasteiger charge is -2.17. The van der Waals surface area contributed by atoms with Crippen LogP contribution in [0.4, 0.5) is 5.69 Å². The first-order chi connectivity index (χ1) is 8.86. The second-order valence-electron chi connectivity index (χ2n) is 4.01. The molecule has 0 unspecified atom stereocenters. The molecule has 0 aliphatic heterocycles. The lowest BCUT2D eigenvalue weighted by molar-refractivity contribution is -0.120. The number of nitrogen functional groups attached to an aromatic ring is 1. The van der Waals surface area contributed by atoms with Crippen LogP contribution < -0.4 is 11.1 Å². The molecule has 0 saturated heterocycles. The number of halogens is 2. The molecule has 0 heterocycles. The van der Waals surface area contributed by atoms with Crippen LogP contribution in [0.2, 0.25) is 10.0 Å². The number of nitrogens with one attached hydrogen (secondary N) is 1. The molecule has 0 aliphatic rings. The fourth-order valence-electron chi connectivity index (χ4n) is 1.45. The van der Waals surface area contributed by atoms with Crippen molar-refractivity contribution in [1.82, 2.24) is 10.2 Å². The highest BCUT2D eigenvalue weighted by molar-refractivity contribution is 6.43. The molecule has 2 amide bonds. The predicted octanol–water partition coefficient (Wildman–Crippen LogP) is 1.78. The highest BCUT2D eigenvalue weighted by atomic mass is 35.5. The van der Waals surface area contributed by atoms with Gasteiger partial charge >= 0.3 is 0 Å². The second-order valence-corrected chi connectivity index (χ2v) is 4.80. The molecule has 0 aromatic heterocycles. The molecular formula is C12H15Cl2N3O2. The molecule has 0 saturated carbocycles. The molecule has 104 valence electrons. The fraction of sp³-hybridized carbons (Fsp3) is 0.333. The summed E-state index contributed by atoms with van der Waals surface area (Å²) in [6.07, 6.45) is 0.232. The monoisotopic (exact) mass is 303 g/mol. The van der Waals surface area contributed by atoms with Gasteiger partial charge in [0.25, 0.3) is 5.91 Å². The van der Waals surface area contributed by atoms with E-state index in [1.807, 2.05) is 0 Å². The van der Waals surface area contributed by atoms with Gasteiger partial charge in [0, 0.05) is 32.6 Å². The number of rotatable bonds is 4. The number of hydrogen-bond donors (Lipinski definition) is 2. The third kappa shape index (κ3) is 4.01. The molecule has 0 atom stereocenters. The van der Waals surface area contributed by atoms with Crippen molar-refractivity contribution >= 4 is 40.7 Å². The summed E-state index contributed by atoms with van der Waals surface area (Å²) in [6.45, 7) is 0.304. The lowest BCUT2D eigenvalue weighted by atomic mass is 10.1. The van der Waals surface area contributed by atoms with Crippen LogP contribution in [0.25, 0.3) is 0 Å². The van der Waals surface area contributed by atoms with Crippen molar-refractivity contribution in [2.75, 3.05) is 26.4 Å². The van der Waals surface area contributed by atoms with Crippen molar-refractivity contribution < 1.29 is 9.59 Å². The van der Waals surface area contributed by atoms with Gasteiger partial charge in [-0.15, -0.1) is 0 Å². The van der Waals surface area contributed by atoms with Crippen LogP contribution in [0.15, 0.2) is 12.1 Å². The Labute approximate surface area is 121 Å². The van der Waals surface area contributed by atoms with Gasteiger partial charge in [-0.25, -0.2) is 0 Å². The van der Waals surface area contributed by atoms with Gasteiger partial charge in [0.15, 0.2) is 0 Å². The molecule has 1 rings (SSSR count). The second kappa shape index (κ2) is 6.63. The van der Waals surface area contributed by atoms with Crippen molar-refractivity contribution in [3.05, 3.63) is 27.7 Å². The maximum absolute atomic E-state index is 12.1. The van der Waals surface area contributed by atoms with E-state index in [0.717, 1.165) is 0 Å². The predicted molar refractivity (Wildman–Crippen MR) is 76.5 cm³/mol. The standard InChI is InChI=1S/C12H15Cl2N3O2/c1-16-10(18)3-4-17(2)12(19)7-5-8(13)11(14)9(15)6-7/h5-6H,3-4,15H2,1-2H3,(H,16,18). The molecule has 0 radical (unpaired) electrons. The zero-order valence-corrected chi connectivity index (χ0v) is 12.2. The Bertz CT molecular complexity index is 483. The van der Waals surface area contributed by atoms with Gasteiger partial charge in [-0.1, -0.05) is 23.2 Å². The molecule has 0 spiro atoms. The van der Waals surface area contributed by atoms with Gasteiger partial charge in [0.2, 0.25) is 5.91 Å². The maximum Gasteiger partial charge on any atom is 0.253 e. The molecule has 7 heteroatoms. The van der Waals surface area contributed by atoms with Crippen molar-refractivity contribution in [1.29, 1.82) is 0 Å². The average Bonchev–Trinajstić information content (AvgIpc) is 2.40. The molecule has 1 aromatic carbocycles. The van der Waals surface area contributed by atoms with E-state index in [2.05, 4.69) is 5.32 Å². The number of anilines is 1. The molecule has 0 aliphatic carbocycles. The molecule has 5 nitrogen and oxygen atoms in total. The van der Waals surface area contributed by atoms with E-state index < -0.39 is 0 Å². The normalized spacial score (nSPS) is 10.1. The largest absolute Gasteiger partial charge is 0.397 e. The van der Waals surface area contributed by atoms with Crippen LogP contribution in [0.3, 0.4) is 0 Å². The number of amides is 2. The third-order valence-corrected chi connectivity index (χ3v) is 3.42. The molecule has 3 N–H and O–H groups in total. The van der Waals surface area contributed by atoms with Gasteiger partial charge in [-0.3, -0.25) is 9.59 Å². The van der Waals surface area contributed by atoms with E-state index in [-0.39, 0.29) is 34.0 Å². The average molecular weight is 304 g/mol. The molecule has 0 fully saturated rings. The number of hydrogen-bond acceptors (Lipinski definition) is 3. The van der Waals surface area contributed by atoms with Crippen LogP contribution in [-0.2, 0) is 4.79 Å². The summed E-state index contributed by atoms with van der Waals surface area (Å²) >= 11 is 11.7. The SMILES string of the molecule is CNC(=O)CCN(C)C(=O)c1cc(N)c(Cl)c(Cl)c1. The summed E-state index contributed by atoms with van der Waals surface area (Å²) in [5.74, 6) is -0.400. The Morgan fingerprint density at radius 1 is 1.37 bits per heavy atom. The van der Waals surface area contributed by atoms with Gasteiger partial charge in [0.05, 0.1) is 15.7 Å². The van der Waals surface area contributed by atoms with Gasteiger partial charge in [-0.05, 0) is 12.1 Å². The van der Waals surface area contributed by atoms with Crippen LogP contribution in [0.1, 0.15) is 16.8 Å². The Hall–Kier alpha value is -1.46. The smallest absolute Gasteiger partial charge is 0.253 e. The van der Waals surface area contributed by atoms with Crippen LogP contribution in [0, 0.1) is 0 Å². The van der Waals surface area contributed by atoms with E-state index in [9.17, 15) is 9.59 Å². The van der Waals surface area contributed by atoms with Crippen molar-refractivity contribution in [3.8, 4) is 0 Å². The summed E-state index contributed by atoms with van der Waals surface area (Å²) < 4.78 is 0. The number of nitrogens with zero attached hydrogens (tertiary/aromatic N) is 1. The summed E-state index contributed by atoms with van der Waals surface area (Å²) in [7, 11) is 3.15. The Balaban J connectivity index is 2.80. The zero-order valence-electron chi connectivity index (χ0n) is 10.7. The van der Waals surface area contributed by atoms with E-state index >= 15 is 0 Å². The minimum Gasteiger partial charge on any atom is -0.397 e. The first-order valence-corrected chi connectivity index (χ1v) is 6.33. The summed E-state index contributed by atoms with van der Waals surface area (Å²) in [6, 6.07) is 2.92. The highest BCUT2D eigenvalue weighted by Crippen LogP contribution is 2.29. The Morgan fingerprint density at radius 2 is 2.00 bits per heavy atom. The topological polar surface area (TPSA) is 75.4 Å². The fourth-order valence-corrected chi connectivity index (χ4v) is 1.79. The molecule has 1 aromatic rings. The van der Waals surface area contributed by atoms with Gasteiger partial charge in [-0.2, -0.15) is 0 Å². The number of carbonyl (C=O) groups excluding carboxylic acids is 2. The Morgan fingerprint density at radius 3 is 2.53 bits per heavy atom. The first-order valence-electron chi connectivity index (χ1n) is 5.57. The molecular weight excluding hydrogens is 289 g/mol. The number of nitrogens with two attached hydrogens (primary N) is 1. The first kappa shape index (κ1) is 15.6. The van der Waals surface area contributed by atoms with Crippen LogP contribution >= 0.6 is 23.2 Å². The van der Waals surface area contributed by atoms with Gasteiger partial charge < -0.3 is 16.0 Å². The highest BCUT2D eigenvalue weighted by Gasteiger charge is 2.15. The van der Waals surface area contributed by atoms with E-state index in [0.29, 0.717) is 12.1 Å². The zero-order chi connectivity index (χ0) is 14.6. The lowest BCUT2D eigenvalue weighted by Crippen LogP contribution is -2.31.